The number of benzene rings is 2. The largest absolute Gasteiger partial charge is 0.306 e. The van der Waals surface area contributed by atoms with Crippen LogP contribution in [0.2, 0.25) is 5.02 Å². The molecule has 1 aromatic heterocycles. The van der Waals surface area contributed by atoms with Crippen LogP contribution in [0.25, 0.3) is 0 Å². The molecule has 1 atom stereocenters. The van der Waals surface area contributed by atoms with E-state index in [0.29, 0.717) is 11.6 Å². The lowest BCUT2D eigenvalue weighted by molar-refractivity contribution is 0.0980. The number of fused-ring (bicyclic) bond motifs is 1. The third kappa shape index (κ3) is 3.48. The van der Waals surface area contributed by atoms with Crippen molar-refractivity contribution in [2.75, 3.05) is 11.4 Å². The van der Waals surface area contributed by atoms with E-state index in [0.717, 1.165) is 28.8 Å². The molecule has 0 radical (unpaired) electrons. The zero-order valence-electron chi connectivity index (χ0n) is 14.8. The number of rotatable bonds is 3. The molecule has 1 unspecified atom stereocenters. The molecule has 1 aliphatic heterocycles. The molecule has 0 fully saturated rings. The van der Waals surface area contributed by atoms with E-state index < -0.39 is 0 Å². The first kappa shape index (κ1) is 18.4. The van der Waals surface area contributed by atoms with Crippen molar-refractivity contribution in [3.8, 4) is 0 Å². The number of aromatic nitrogens is 1. The quantitative estimate of drug-likeness (QED) is 0.353. The first-order valence-corrected chi connectivity index (χ1v) is 10.2. The van der Waals surface area contributed by atoms with Crippen LogP contribution in [0.1, 0.15) is 34.0 Å². The molecule has 3 aromatic rings. The number of carbonyl (C=O) groups excluding carboxylic acids is 1. The Morgan fingerprint density at radius 1 is 1.07 bits per heavy atom. The smallest absolute Gasteiger partial charge is 0.258 e. The summed E-state index contributed by atoms with van der Waals surface area (Å²) < 4.78 is -0.230. The van der Waals surface area contributed by atoms with Crippen molar-refractivity contribution >= 4 is 45.8 Å². The van der Waals surface area contributed by atoms with Crippen molar-refractivity contribution in [2.24, 2.45) is 0 Å². The highest BCUT2D eigenvalue weighted by Crippen LogP contribution is 2.39. The fourth-order valence-electron chi connectivity index (χ4n) is 3.45. The lowest BCUT2D eigenvalue weighted by atomic mass is 9.93. The summed E-state index contributed by atoms with van der Waals surface area (Å²) >= 11 is 8.52. The Hall–Kier alpha value is -1.92. The Kier molecular flexibility index (Phi) is 4.95. The van der Waals surface area contributed by atoms with E-state index in [4.69, 9.17) is 11.6 Å². The van der Waals surface area contributed by atoms with Crippen LogP contribution in [-0.2, 0) is 9.84 Å². The summed E-state index contributed by atoms with van der Waals surface area (Å²) in [5.41, 5.74) is 4.83. The second-order valence-corrected chi connectivity index (χ2v) is 9.40. The maximum absolute atomic E-state index is 13.0. The van der Waals surface area contributed by atoms with Crippen LogP contribution in [0.15, 0.2) is 67.0 Å². The normalized spacial score (nSPS) is 16.0. The number of hydrogen-bond acceptors (Lipinski definition) is 2. The fourth-order valence-corrected chi connectivity index (χ4v) is 4.30. The molecule has 27 heavy (non-hydrogen) atoms. The maximum atomic E-state index is 13.0. The van der Waals surface area contributed by atoms with Crippen molar-refractivity contribution in [3.05, 3.63) is 94.3 Å². The summed E-state index contributed by atoms with van der Waals surface area (Å²) in [6.45, 7) is 2.79. The Balaban J connectivity index is 1.69. The van der Waals surface area contributed by atoms with Gasteiger partial charge in [0, 0.05) is 23.3 Å². The average Bonchev–Trinajstić information content (AvgIpc) is 2.69. The Bertz CT molecular complexity index is 1000. The minimum atomic E-state index is -0.230. The van der Waals surface area contributed by atoms with Gasteiger partial charge in [-0.1, -0.05) is 64.5 Å². The van der Waals surface area contributed by atoms with E-state index in [-0.39, 0.29) is 9.33 Å². The number of alkyl halides is 1. The van der Waals surface area contributed by atoms with Crippen molar-refractivity contribution in [3.63, 3.8) is 0 Å². The topological polar surface area (TPSA) is 33.2 Å². The minimum absolute atomic E-state index is 0.00161. The van der Waals surface area contributed by atoms with Gasteiger partial charge in [-0.15, -0.1) is 0 Å². The molecule has 2 heterocycles. The van der Waals surface area contributed by atoms with Gasteiger partial charge in [0.05, 0.1) is 15.3 Å². The van der Waals surface area contributed by atoms with E-state index in [2.05, 4.69) is 52.7 Å². The van der Waals surface area contributed by atoms with Gasteiger partial charge < -0.3 is 4.90 Å². The van der Waals surface area contributed by atoms with Crippen molar-refractivity contribution < 1.29 is 4.79 Å². The van der Waals surface area contributed by atoms with E-state index in [1.54, 1.807) is 12.3 Å². The molecule has 5 heteroatoms. The number of pyridine rings is 1. The molecule has 1 aliphatic rings. The highest BCUT2D eigenvalue weighted by molar-refractivity contribution is 14.1. The number of halogens is 2. The molecule has 0 spiro atoms. The summed E-state index contributed by atoms with van der Waals surface area (Å²) in [6.07, 6.45) is 4.43. The molecule has 0 saturated heterocycles. The molecule has 0 saturated carbocycles. The predicted octanol–water partition coefficient (Wildman–Crippen LogP) is 5.64. The molecule has 2 aromatic carbocycles. The van der Waals surface area contributed by atoms with Gasteiger partial charge in [0.15, 0.2) is 0 Å². The van der Waals surface area contributed by atoms with Gasteiger partial charge in [0.1, 0.15) is 0 Å². The van der Waals surface area contributed by atoms with E-state index >= 15 is 0 Å². The highest BCUT2D eigenvalue weighted by Gasteiger charge is 2.29. The van der Waals surface area contributed by atoms with Gasteiger partial charge in [0.2, 0.25) is 0 Å². The minimum Gasteiger partial charge on any atom is -0.306 e. The molecule has 4 rings (SSSR count). The molecule has 1 amide bonds. The zero-order valence-corrected chi connectivity index (χ0v) is 17.7. The molecule has 0 bridgehead atoms. The summed E-state index contributed by atoms with van der Waals surface area (Å²) in [4.78, 5) is 19.3. The first-order chi connectivity index (χ1) is 13.0. The summed E-state index contributed by atoms with van der Waals surface area (Å²) in [5, 5.41) is 0.669. The molecule has 0 N–H and O–H groups in total. The van der Waals surface area contributed by atoms with Gasteiger partial charge in [-0.2, -0.15) is 0 Å². The molecular weight excluding hydrogens is 471 g/mol. The highest BCUT2D eigenvalue weighted by atomic mass is 127. The summed E-state index contributed by atoms with van der Waals surface area (Å²) in [6, 6.07) is 17.9. The third-order valence-corrected chi connectivity index (χ3v) is 6.52. The standard InChI is InChI=1S/C22H18ClIN2O/c1-22(24,16-5-3-2-4-6-16)17-12-19(14-25-13-17)26-10-9-15-11-18(23)7-8-20(15)21(26)27/h2-8,11-14H,9-10H2,1H3. The summed E-state index contributed by atoms with van der Waals surface area (Å²) in [7, 11) is 0. The number of hydrogen-bond donors (Lipinski definition) is 0. The van der Waals surface area contributed by atoms with Gasteiger partial charge in [0.25, 0.3) is 5.91 Å². The zero-order chi connectivity index (χ0) is 19.0. The van der Waals surface area contributed by atoms with Crippen LogP contribution in [0.5, 0.6) is 0 Å². The van der Waals surface area contributed by atoms with E-state index in [9.17, 15) is 4.79 Å². The second kappa shape index (κ2) is 7.24. The van der Waals surface area contributed by atoms with Gasteiger partial charge in [-0.25, -0.2) is 0 Å². The lowest BCUT2D eigenvalue weighted by Crippen LogP contribution is -2.37. The lowest BCUT2D eigenvalue weighted by Gasteiger charge is -2.30. The van der Waals surface area contributed by atoms with Crippen molar-refractivity contribution in [2.45, 2.75) is 16.8 Å². The molecule has 0 aliphatic carbocycles. The molecular formula is C22H18ClIN2O. The predicted molar refractivity (Wildman–Crippen MR) is 118 cm³/mol. The van der Waals surface area contributed by atoms with Crippen molar-refractivity contribution in [1.82, 2.24) is 4.98 Å². The second-order valence-electron chi connectivity index (χ2n) is 6.81. The number of nitrogens with zero attached hydrogens (tertiary/aromatic N) is 2. The Morgan fingerprint density at radius 3 is 2.63 bits per heavy atom. The number of anilines is 1. The Morgan fingerprint density at radius 2 is 1.85 bits per heavy atom. The SMILES string of the molecule is CC(I)(c1ccccc1)c1cncc(N2CCc3cc(Cl)ccc3C2=O)c1. The number of amides is 1. The van der Waals surface area contributed by atoms with Gasteiger partial charge in [-0.05, 0) is 54.3 Å². The van der Waals surface area contributed by atoms with Crippen LogP contribution in [0, 0.1) is 0 Å². The maximum Gasteiger partial charge on any atom is 0.258 e. The Labute approximate surface area is 177 Å². The van der Waals surface area contributed by atoms with Gasteiger partial charge >= 0.3 is 0 Å². The third-order valence-electron chi connectivity index (χ3n) is 5.04. The fraction of sp³-hybridized carbons (Fsp3) is 0.182. The van der Waals surface area contributed by atoms with Gasteiger partial charge in [-0.3, -0.25) is 9.78 Å². The number of carbonyl (C=O) groups is 1. The molecule has 136 valence electrons. The average molecular weight is 489 g/mol. The van der Waals surface area contributed by atoms with Crippen LogP contribution < -0.4 is 4.90 Å². The molecule has 3 nitrogen and oxygen atoms in total. The monoisotopic (exact) mass is 488 g/mol. The van der Waals surface area contributed by atoms with Crippen molar-refractivity contribution in [1.29, 1.82) is 0 Å². The van der Waals surface area contributed by atoms with E-state index in [1.165, 1.54) is 5.56 Å². The van der Waals surface area contributed by atoms with Crippen LogP contribution in [0.4, 0.5) is 5.69 Å². The van der Waals surface area contributed by atoms with Crippen LogP contribution >= 0.6 is 34.2 Å². The first-order valence-electron chi connectivity index (χ1n) is 8.77. The summed E-state index contributed by atoms with van der Waals surface area (Å²) in [5.74, 6) is 0.00161. The van der Waals surface area contributed by atoms with E-state index in [1.807, 2.05) is 41.4 Å². The van der Waals surface area contributed by atoms with Crippen LogP contribution in [-0.4, -0.2) is 17.4 Å². The van der Waals surface area contributed by atoms with Crippen LogP contribution in [0.3, 0.4) is 0 Å².